The van der Waals surface area contributed by atoms with Crippen LogP contribution in [0.1, 0.15) is 0 Å². The van der Waals surface area contributed by atoms with Crippen molar-refractivity contribution in [1.82, 2.24) is 4.57 Å². The Labute approximate surface area is 232 Å². The van der Waals surface area contributed by atoms with E-state index in [-0.39, 0.29) is 0 Å². The van der Waals surface area contributed by atoms with E-state index in [0.29, 0.717) is 0 Å². The van der Waals surface area contributed by atoms with E-state index >= 15 is 0 Å². The molecule has 1 aliphatic heterocycles. The largest absolute Gasteiger partial charge is 0.453 e. The first kappa shape index (κ1) is 22.5. The molecule has 0 bridgehead atoms. The number of nitrogens with zero attached hydrogens (tertiary/aromatic N) is 2. The lowest BCUT2D eigenvalue weighted by atomic mass is 10.1. The molecule has 0 fully saturated rings. The molecular formula is C36H25N3O. The first-order valence-corrected chi connectivity index (χ1v) is 13.5. The van der Waals surface area contributed by atoms with Gasteiger partial charge in [-0.05, 0) is 78.9 Å². The lowest BCUT2D eigenvalue weighted by Gasteiger charge is -2.32. The maximum atomic E-state index is 6.21. The molecule has 0 saturated heterocycles. The molecule has 1 aliphatic rings. The fraction of sp³-hybridized carbons (Fsp3) is 0. The van der Waals surface area contributed by atoms with Crippen LogP contribution in [-0.4, -0.2) is 4.57 Å². The molecule has 0 unspecified atom stereocenters. The van der Waals surface area contributed by atoms with Crippen molar-refractivity contribution in [3.05, 3.63) is 146 Å². The predicted molar refractivity (Wildman–Crippen MR) is 165 cm³/mol. The lowest BCUT2D eigenvalue weighted by Crippen LogP contribution is -2.15. The van der Waals surface area contributed by atoms with E-state index in [9.17, 15) is 0 Å². The standard InChI is InChI=1S/C36H25N3O/c1-2-11-25(12-3-1)37-29-14-10-18-33-36(29)28-13-4-5-15-30(28)38(33)26-21-23-27(24-22-26)39-31-16-6-8-19-34(31)40-35-20-9-7-17-32(35)39/h1-24,37H. The van der Waals surface area contributed by atoms with Crippen LogP contribution in [0.3, 0.4) is 0 Å². The first-order valence-electron chi connectivity index (χ1n) is 13.5. The molecule has 0 amide bonds. The Morgan fingerprint density at radius 3 is 1.82 bits per heavy atom. The molecule has 1 N–H and O–H groups in total. The molecular weight excluding hydrogens is 490 g/mol. The molecule has 7 aromatic rings. The Morgan fingerprint density at radius 1 is 0.475 bits per heavy atom. The number of benzene rings is 6. The first-order chi connectivity index (χ1) is 19.8. The topological polar surface area (TPSA) is 29.4 Å². The molecule has 0 radical (unpaired) electrons. The summed E-state index contributed by atoms with van der Waals surface area (Å²) in [4.78, 5) is 2.27. The lowest BCUT2D eigenvalue weighted by molar-refractivity contribution is 0.477. The van der Waals surface area contributed by atoms with Gasteiger partial charge in [-0.3, -0.25) is 0 Å². The second kappa shape index (κ2) is 9.07. The number of aromatic nitrogens is 1. The zero-order valence-corrected chi connectivity index (χ0v) is 21.7. The van der Waals surface area contributed by atoms with Gasteiger partial charge in [0.15, 0.2) is 11.5 Å². The van der Waals surface area contributed by atoms with E-state index in [0.717, 1.165) is 51.1 Å². The summed E-state index contributed by atoms with van der Waals surface area (Å²) in [7, 11) is 0. The molecule has 4 heteroatoms. The molecule has 1 aromatic heterocycles. The summed E-state index contributed by atoms with van der Waals surface area (Å²) in [5, 5.41) is 6.07. The second-order valence-electron chi connectivity index (χ2n) is 9.93. The number of fused-ring (bicyclic) bond motifs is 5. The van der Waals surface area contributed by atoms with E-state index < -0.39 is 0 Å². The zero-order chi connectivity index (χ0) is 26.5. The third kappa shape index (κ3) is 3.54. The van der Waals surface area contributed by atoms with Crippen LogP contribution in [0.25, 0.3) is 27.5 Å². The molecule has 40 heavy (non-hydrogen) atoms. The second-order valence-corrected chi connectivity index (χ2v) is 9.93. The summed E-state index contributed by atoms with van der Waals surface area (Å²) in [6.45, 7) is 0. The van der Waals surface area contributed by atoms with Crippen LogP contribution in [0.2, 0.25) is 0 Å². The molecule has 190 valence electrons. The van der Waals surface area contributed by atoms with Gasteiger partial charge < -0.3 is 19.5 Å². The summed E-state index contributed by atoms with van der Waals surface area (Å²) in [6, 6.07) is 50.6. The van der Waals surface area contributed by atoms with Crippen LogP contribution < -0.4 is 15.0 Å². The average Bonchev–Trinajstić information content (AvgIpc) is 3.36. The zero-order valence-electron chi connectivity index (χ0n) is 21.7. The van der Waals surface area contributed by atoms with Crippen molar-refractivity contribution >= 4 is 50.2 Å². The fourth-order valence-electron chi connectivity index (χ4n) is 5.81. The number of anilines is 5. The monoisotopic (exact) mass is 515 g/mol. The highest BCUT2D eigenvalue weighted by Gasteiger charge is 2.25. The third-order valence-corrected chi connectivity index (χ3v) is 7.55. The van der Waals surface area contributed by atoms with Crippen molar-refractivity contribution in [3.8, 4) is 17.2 Å². The summed E-state index contributed by atoms with van der Waals surface area (Å²) in [5.41, 5.74) is 8.76. The molecule has 0 aliphatic carbocycles. The van der Waals surface area contributed by atoms with Crippen molar-refractivity contribution in [2.45, 2.75) is 0 Å². The van der Waals surface area contributed by atoms with Crippen molar-refractivity contribution in [3.63, 3.8) is 0 Å². The van der Waals surface area contributed by atoms with E-state index in [2.05, 4.69) is 130 Å². The van der Waals surface area contributed by atoms with E-state index in [4.69, 9.17) is 4.74 Å². The molecule has 0 spiro atoms. The van der Waals surface area contributed by atoms with Gasteiger partial charge in [0.05, 0.1) is 22.4 Å². The smallest absolute Gasteiger partial charge is 0.151 e. The highest BCUT2D eigenvalue weighted by Crippen LogP contribution is 2.50. The molecule has 0 atom stereocenters. The van der Waals surface area contributed by atoms with Crippen molar-refractivity contribution in [2.24, 2.45) is 0 Å². The maximum absolute atomic E-state index is 6.21. The third-order valence-electron chi connectivity index (χ3n) is 7.55. The van der Waals surface area contributed by atoms with Gasteiger partial charge in [0, 0.05) is 33.5 Å². The average molecular weight is 516 g/mol. The van der Waals surface area contributed by atoms with Gasteiger partial charge >= 0.3 is 0 Å². The Bertz CT molecular complexity index is 1960. The van der Waals surface area contributed by atoms with Crippen molar-refractivity contribution in [2.75, 3.05) is 10.2 Å². The Kier molecular flexibility index (Phi) is 5.10. The Hall–Kier alpha value is -5.48. The van der Waals surface area contributed by atoms with E-state index in [1.807, 2.05) is 30.3 Å². The van der Waals surface area contributed by atoms with Gasteiger partial charge in [0.25, 0.3) is 0 Å². The van der Waals surface area contributed by atoms with Gasteiger partial charge in [-0.2, -0.15) is 0 Å². The number of rotatable bonds is 4. The van der Waals surface area contributed by atoms with Crippen LogP contribution in [-0.2, 0) is 0 Å². The van der Waals surface area contributed by atoms with Crippen LogP contribution >= 0.6 is 0 Å². The van der Waals surface area contributed by atoms with Crippen LogP contribution in [0, 0.1) is 0 Å². The van der Waals surface area contributed by atoms with Crippen molar-refractivity contribution < 1.29 is 4.74 Å². The Balaban J connectivity index is 1.27. The summed E-state index contributed by atoms with van der Waals surface area (Å²) in [6.07, 6.45) is 0. The van der Waals surface area contributed by atoms with Gasteiger partial charge in [-0.25, -0.2) is 0 Å². The molecule has 0 saturated carbocycles. The predicted octanol–water partition coefficient (Wildman–Crippen LogP) is 10.1. The summed E-state index contributed by atoms with van der Waals surface area (Å²) >= 11 is 0. The van der Waals surface area contributed by atoms with Gasteiger partial charge in [-0.1, -0.05) is 66.7 Å². The van der Waals surface area contributed by atoms with Crippen LogP contribution in [0.5, 0.6) is 11.5 Å². The molecule has 4 nitrogen and oxygen atoms in total. The van der Waals surface area contributed by atoms with Gasteiger partial charge in [-0.15, -0.1) is 0 Å². The summed E-state index contributed by atoms with van der Waals surface area (Å²) in [5.74, 6) is 1.71. The fourth-order valence-corrected chi connectivity index (χ4v) is 5.81. The normalized spacial score (nSPS) is 12.2. The van der Waals surface area contributed by atoms with E-state index in [1.54, 1.807) is 0 Å². The SMILES string of the molecule is c1ccc(Nc2cccc3c2c2ccccc2n3-c2ccc(N3c4ccccc4Oc4ccccc43)cc2)cc1. The van der Waals surface area contributed by atoms with Gasteiger partial charge in [0.1, 0.15) is 0 Å². The molecule has 6 aromatic carbocycles. The number of para-hydroxylation sites is 6. The quantitative estimate of drug-likeness (QED) is 0.253. The number of nitrogens with one attached hydrogen (secondary N) is 1. The number of hydrogen-bond acceptors (Lipinski definition) is 3. The molecule has 2 heterocycles. The Morgan fingerprint density at radius 2 is 1.07 bits per heavy atom. The summed E-state index contributed by atoms with van der Waals surface area (Å²) < 4.78 is 8.56. The van der Waals surface area contributed by atoms with Crippen LogP contribution in [0.15, 0.2) is 146 Å². The number of hydrogen-bond donors (Lipinski definition) is 1. The maximum Gasteiger partial charge on any atom is 0.151 e. The minimum Gasteiger partial charge on any atom is -0.453 e. The van der Waals surface area contributed by atoms with E-state index in [1.165, 1.54) is 16.3 Å². The van der Waals surface area contributed by atoms with Crippen molar-refractivity contribution in [1.29, 1.82) is 0 Å². The van der Waals surface area contributed by atoms with Crippen LogP contribution in [0.4, 0.5) is 28.4 Å². The highest BCUT2D eigenvalue weighted by atomic mass is 16.5. The van der Waals surface area contributed by atoms with Gasteiger partial charge in [0.2, 0.25) is 0 Å². The minimum absolute atomic E-state index is 0.853. The minimum atomic E-state index is 0.853. The number of ether oxygens (including phenoxy) is 1. The highest BCUT2D eigenvalue weighted by molar-refractivity contribution is 6.15. The molecule has 8 rings (SSSR count).